The van der Waals surface area contributed by atoms with Gasteiger partial charge in [0.1, 0.15) is 12.4 Å². The number of fused-ring (bicyclic) bond motifs is 6. The van der Waals surface area contributed by atoms with E-state index in [0.717, 1.165) is 15.5 Å². The molecule has 0 radical (unpaired) electrons. The molecule has 3 aromatic rings. The summed E-state index contributed by atoms with van der Waals surface area (Å²) in [6.07, 6.45) is 3.64. The number of rotatable bonds is 4. The first-order valence-electron chi connectivity index (χ1n) is 11.3. The largest absolute Gasteiger partial charge is 0.325 e. The number of thiazole rings is 1. The first-order valence-corrected chi connectivity index (χ1v) is 13.8. The van der Waals surface area contributed by atoms with Gasteiger partial charge in [-0.25, -0.2) is 4.39 Å². The third-order valence-electron chi connectivity index (χ3n) is 7.44. The van der Waals surface area contributed by atoms with Crippen molar-refractivity contribution in [2.75, 3.05) is 5.32 Å². The molecule has 0 saturated heterocycles. The number of hydrogen-bond donors (Lipinski definition) is 1. The van der Waals surface area contributed by atoms with Crippen LogP contribution in [0.2, 0.25) is 10.0 Å². The van der Waals surface area contributed by atoms with Gasteiger partial charge < -0.3 is 5.32 Å². The zero-order chi connectivity index (χ0) is 23.6. The van der Waals surface area contributed by atoms with Crippen LogP contribution in [-0.2, 0) is 11.3 Å². The number of amides is 1. The fraction of sp³-hybridized carbons (Fsp3) is 0.360. The molecule has 9 heteroatoms. The topological polar surface area (TPSA) is 51.1 Å². The lowest BCUT2D eigenvalue weighted by Gasteiger charge is -2.40. The number of halogens is 3. The summed E-state index contributed by atoms with van der Waals surface area (Å²) >= 11 is 16.1. The van der Waals surface area contributed by atoms with E-state index in [0.29, 0.717) is 38.7 Å². The summed E-state index contributed by atoms with van der Waals surface area (Å²) in [4.78, 5) is 26.8. The Kier molecular flexibility index (Phi) is 5.79. The van der Waals surface area contributed by atoms with E-state index < -0.39 is 0 Å². The van der Waals surface area contributed by atoms with Gasteiger partial charge >= 0.3 is 4.87 Å². The summed E-state index contributed by atoms with van der Waals surface area (Å²) in [5, 5.41) is 5.10. The number of benzene rings is 2. The van der Waals surface area contributed by atoms with Gasteiger partial charge in [-0.05, 0) is 72.9 Å². The molecule has 1 aliphatic heterocycles. The number of carbonyl (C=O) groups excluding carboxylic acids is 1. The van der Waals surface area contributed by atoms with Crippen LogP contribution in [0.5, 0.6) is 0 Å². The molecular weight excluding hydrogens is 514 g/mol. The van der Waals surface area contributed by atoms with E-state index in [-0.39, 0.29) is 29.1 Å². The quantitative estimate of drug-likeness (QED) is 0.407. The van der Waals surface area contributed by atoms with Crippen molar-refractivity contribution >= 4 is 57.9 Å². The van der Waals surface area contributed by atoms with Crippen molar-refractivity contribution in [3.63, 3.8) is 0 Å². The lowest BCUT2D eigenvalue weighted by atomic mass is 9.75. The van der Waals surface area contributed by atoms with E-state index in [1.807, 2.05) is 12.1 Å². The van der Waals surface area contributed by atoms with Crippen molar-refractivity contribution in [2.45, 2.75) is 42.0 Å². The lowest BCUT2D eigenvalue weighted by molar-refractivity contribution is -0.116. The minimum atomic E-state index is -0.372. The van der Waals surface area contributed by atoms with Crippen LogP contribution in [0.3, 0.4) is 0 Å². The normalized spacial score (nSPS) is 26.9. The highest BCUT2D eigenvalue weighted by molar-refractivity contribution is 8.00. The molecular formula is C25H21Cl2FN2O2S2. The molecule has 3 aliphatic rings. The molecule has 5 atom stereocenters. The monoisotopic (exact) mass is 534 g/mol. The molecule has 2 aliphatic carbocycles. The molecule has 2 fully saturated rings. The molecule has 2 heterocycles. The summed E-state index contributed by atoms with van der Waals surface area (Å²) in [5.74, 6) is 0.952. The number of hydrogen-bond acceptors (Lipinski definition) is 4. The summed E-state index contributed by atoms with van der Waals surface area (Å²) in [6.45, 7) is -0.0868. The number of anilines is 1. The maximum Gasteiger partial charge on any atom is 0.308 e. The van der Waals surface area contributed by atoms with Crippen LogP contribution in [0.25, 0.3) is 0 Å². The Morgan fingerprint density at radius 1 is 1.12 bits per heavy atom. The van der Waals surface area contributed by atoms with E-state index in [1.54, 1.807) is 22.4 Å². The number of thioether (sulfide) groups is 1. The Labute approximate surface area is 214 Å². The molecule has 2 saturated carbocycles. The van der Waals surface area contributed by atoms with Gasteiger partial charge in [0.15, 0.2) is 0 Å². The average Bonchev–Trinajstić information content (AvgIpc) is 3.51. The summed E-state index contributed by atoms with van der Waals surface area (Å²) in [5.41, 5.74) is 1.47. The molecule has 0 spiro atoms. The molecule has 1 N–H and O–H groups in total. The van der Waals surface area contributed by atoms with Gasteiger partial charge in [-0.2, -0.15) is 0 Å². The van der Waals surface area contributed by atoms with Crippen molar-refractivity contribution in [3.8, 4) is 0 Å². The van der Waals surface area contributed by atoms with Crippen LogP contribution in [0.1, 0.15) is 35.6 Å². The Balaban J connectivity index is 1.39. The van der Waals surface area contributed by atoms with Gasteiger partial charge in [0.05, 0.1) is 15.1 Å². The van der Waals surface area contributed by atoms with E-state index in [4.69, 9.17) is 23.2 Å². The zero-order valence-corrected chi connectivity index (χ0v) is 21.1. The van der Waals surface area contributed by atoms with Crippen LogP contribution in [0, 0.1) is 23.6 Å². The van der Waals surface area contributed by atoms with E-state index in [9.17, 15) is 14.0 Å². The van der Waals surface area contributed by atoms with Gasteiger partial charge in [-0.15, -0.1) is 11.8 Å². The second-order valence-corrected chi connectivity index (χ2v) is 12.2. The number of nitrogens with zero attached hydrogens (tertiary/aromatic N) is 1. The smallest absolute Gasteiger partial charge is 0.308 e. The number of aromatic nitrogens is 1. The van der Waals surface area contributed by atoms with Gasteiger partial charge in [0, 0.05) is 21.7 Å². The van der Waals surface area contributed by atoms with Crippen LogP contribution in [0.4, 0.5) is 10.1 Å². The highest BCUT2D eigenvalue weighted by Crippen LogP contribution is 2.64. The van der Waals surface area contributed by atoms with Crippen molar-refractivity contribution in [3.05, 3.63) is 78.4 Å². The number of nitrogens with one attached hydrogen (secondary N) is 1. The highest BCUT2D eigenvalue weighted by atomic mass is 35.5. The van der Waals surface area contributed by atoms with Crippen molar-refractivity contribution < 1.29 is 9.18 Å². The SMILES string of the molecule is O=C(Cn1c2c(sc1=O)C(c1cccc(Cl)c1Cl)C1C3CCC(C3)C1S2)Nc1ccc(F)cc1. The lowest BCUT2D eigenvalue weighted by Crippen LogP contribution is -2.35. The molecule has 2 aromatic carbocycles. The van der Waals surface area contributed by atoms with Gasteiger partial charge in [-0.1, -0.05) is 46.7 Å². The third kappa shape index (κ3) is 3.72. The second kappa shape index (κ2) is 8.70. The fourth-order valence-corrected chi connectivity index (χ4v) is 9.64. The predicted molar refractivity (Wildman–Crippen MR) is 136 cm³/mol. The van der Waals surface area contributed by atoms with Crippen LogP contribution < -0.4 is 10.2 Å². The van der Waals surface area contributed by atoms with Crippen LogP contribution in [-0.4, -0.2) is 15.7 Å². The maximum atomic E-state index is 13.2. The van der Waals surface area contributed by atoms with E-state index in [1.165, 1.54) is 54.9 Å². The Bertz CT molecular complexity index is 1340. The van der Waals surface area contributed by atoms with E-state index >= 15 is 0 Å². The highest BCUT2D eigenvalue weighted by Gasteiger charge is 2.55. The van der Waals surface area contributed by atoms with Gasteiger partial charge in [-0.3, -0.25) is 14.2 Å². The molecule has 6 rings (SSSR count). The first-order chi connectivity index (χ1) is 16.4. The number of carbonyl (C=O) groups is 1. The Morgan fingerprint density at radius 3 is 2.68 bits per heavy atom. The summed E-state index contributed by atoms with van der Waals surface area (Å²) in [7, 11) is 0. The molecule has 4 nitrogen and oxygen atoms in total. The molecule has 1 amide bonds. The molecule has 1 aromatic heterocycles. The van der Waals surface area contributed by atoms with Crippen molar-refractivity contribution in [1.29, 1.82) is 0 Å². The average molecular weight is 535 g/mol. The maximum absolute atomic E-state index is 13.2. The standard InChI is InChI=1S/C25H21Cl2FN2O2S2/c26-17-3-1-2-16(21(17)27)20-19-12-4-5-13(10-12)22(19)33-24-23(20)34-25(32)30(24)11-18(31)29-15-8-6-14(28)7-9-15/h1-3,6-9,12-13,19-20,22H,4-5,10-11H2,(H,29,31). The molecule has 34 heavy (non-hydrogen) atoms. The van der Waals surface area contributed by atoms with Gasteiger partial charge in [0.2, 0.25) is 5.91 Å². The second-order valence-electron chi connectivity index (χ2n) is 9.29. The Hall–Kier alpha value is -1.80. The zero-order valence-electron chi connectivity index (χ0n) is 18.0. The summed E-state index contributed by atoms with van der Waals surface area (Å²) < 4.78 is 14.8. The molecule has 5 unspecified atom stereocenters. The Morgan fingerprint density at radius 2 is 1.88 bits per heavy atom. The van der Waals surface area contributed by atoms with Gasteiger partial charge in [0.25, 0.3) is 0 Å². The first kappa shape index (κ1) is 22.7. The van der Waals surface area contributed by atoms with Crippen LogP contribution in [0.15, 0.2) is 52.3 Å². The molecule has 2 bridgehead atoms. The van der Waals surface area contributed by atoms with Crippen LogP contribution >= 0.6 is 46.3 Å². The predicted octanol–water partition coefficient (Wildman–Crippen LogP) is 6.65. The van der Waals surface area contributed by atoms with Crippen molar-refractivity contribution in [1.82, 2.24) is 4.57 Å². The minimum absolute atomic E-state index is 0.00172. The van der Waals surface area contributed by atoms with Crippen molar-refractivity contribution in [2.24, 2.45) is 17.8 Å². The summed E-state index contributed by atoms with van der Waals surface area (Å²) in [6, 6.07) is 11.3. The van der Waals surface area contributed by atoms with E-state index in [2.05, 4.69) is 5.32 Å². The third-order valence-corrected chi connectivity index (χ3v) is 11.1. The fourth-order valence-electron chi connectivity index (χ4n) is 6.07. The minimum Gasteiger partial charge on any atom is -0.325 e. The molecule has 176 valence electrons.